The van der Waals surface area contributed by atoms with Gasteiger partial charge in [0.25, 0.3) is 0 Å². The first-order valence-electron chi connectivity index (χ1n) is 10.2. The molecule has 32 heavy (non-hydrogen) atoms. The fraction of sp³-hybridized carbons (Fsp3) is 0.250. The number of amides is 1. The van der Waals surface area contributed by atoms with Gasteiger partial charge in [-0.2, -0.15) is 0 Å². The van der Waals surface area contributed by atoms with Crippen LogP contribution in [0.1, 0.15) is 27.7 Å². The van der Waals surface area contributed by atoms with E-state index >= 15 is 0 Å². The van der Waals surface area contributed by atoms with E-state index in [0.717, 1.165) is 26.4 Å². The third kappa shape index (κ3) is 4.18. The van der Waals surface area contributed by atoms with E-state index in [2.05, 4.69) is 5.32 Å². The summed E-state index contributed by atoms with van der Waals surface area (Å²) in [6, 6.07) is 13.2. The molecule has 0 unspecified atom stereocenters. The molecule has 0 spiro atoms. The topological polar surface area (TPSA) is 73.9 Å². The second-order valence-corrected chi connectivity index (χ2v) is 9.27. The Kier molecular flexibility index (Phi) is 5.53. The van der Waals surface area contributed by atoms with Gasteiger partial charge in [-0.15, -0.1) is 11.3 Å². The van der Waals surface area contributed by atoms with Gasteiger partial charge in [0.1, 0.15) is 11.9 Å². The summed E-state index contributed by atoms with van der Waals surface area (Å²) in [6.07, 6.45) is 0.713. The molecule has 3 aromatic rings. The van der Waals surface area contributed by atoms with Gasteiger partial charge in [0.2, 0.25) is 12.7 Å². The molecule has 1 atom stereocenters. The van der Waals surface area contributed by atoms with Crippen LogP contribution in [0.5, 0.6) is 17.2 Å². The smallest absolute Gasteiger partial charge is 0.231 e. The van der Waals surface area contributed by atoms with Gasteiger partial charge in [-0.3, -0.25) is 9.59 Å². The lowest BCUT2D eigenvalue weighted by molar-refractivity contribution is -0.120. The molecule has 0 bridgehead atoms. The molecule has 2 aliphatic rings. The minimum atomic E-state index is -0.186. The van der Waals surface area contributed by atoms with Crippen molar-refractivity contribution in [1.29, 1.82) is 0 Å². The molecule has 1 aromatic heterocycles. The lowest BCUT2D eigenvalue weighted by Crippen LogP contribution is -2.35. The maximum atomic E-state index is 12.4. The number of halogens is 1. The van der Waals surface area contributed by atoms with E-state index in [9.17, 15) is 9.59 Å². The van der Waals surface area contributed by atoms with Crippen molar-refractivity contribution in [3.63, 3.8) is 0 Å². The summed E-state index contributed by atoms with van der Waals surface area (Å²) < 4.78 is 16.7. The maximum Gasteiger partial charge on any atom is 0.231 e. The Morgan fingerprint density at radius 1 is 1.12 bits per heavy atom. The van der Waals surface area contributed by atoms with Crippen molar-refractivity contribution >= 4 is 34.6 Å². The van der Waals surface area contributed by atoms with E-state index in [0.29, 0.717) is 35.2 Å². The first-order chi connectivity index (χ1) is 15.5. The van der Waals surface area contributed by atoms with Crippen LogP contribution in [0.3, 0.4) is 0 Å². The van der Waals surface area contributed by atoms with E-state index in [1.807, 2.05) is 42.5 Å². The Morgan fingerprint density at radius 2 is 1.97 bits per heavy atom. The highest BCUT2D eigenvalue weighted by Gasteiger charge is 2.27. The molecular formula is C24H20ClNO5S. The molecule has 3 heterocycles. The number of nitrogens with one attached hydrogen (secondary N) is 1. The quantitative estimate of drug-likeness (QED) is 0.531. The fourth-order valence-electron chi connectivity index (χ4n) is 3.85. The number of benzene rings is 2. The second kappa shape index (κ2) is 8.48. The Labute approximate surface area is 194 Å². The van der Waals surface area contributed by atoms with Crippen LogP contribution in [0, 0.1) is 0 Å². The Hall–Kier alpha value is -3.03. The molecule has 0 saturated heterocycles. The zero-order chi connectivity index (χ0) is 22.2. The lowest BCUT2D eigenvalue weighted by atomic mass is 10.1. The maximum absolute atomic E-state index is 12.4. The number of ketones is 1. The van der Waals surface area contributed by atoms with Crippen LogP contribution in [-0.4, -0.2) is 31.1 Å². The Balaban J connectivity index is 1.21. The van der Waals surface area contributed by atoms with Crippen molar-refractivity contribution in [1.82, 2.24) is 5.32 Å². The number of ether oxygens (including phenoxy) is 3. The number of carbonyl (C=O) groups is 2. The molecule has 0 saturated carbocycles. The van der Waals surface area contributed by atoms with Gasteiger partial charge in [0.15, 0.2) is 17.3 Å². The van der Waals surface area contributed by atoms with Crippen molar-refractivity contribution in [2.45, 2.75) is 25.9 Å². The van der Waals surface area contributed by atoms with Crippen LogP contribution in [-0.2, 0) is 17.6 Å². The van der Waals surface area contributed by atoms with E-state index in [1.54, 1.807) is 6.92 Å². The van der Waals surface area contributed by atoms with Crippen molar-refractivity contribution in [3.8, 4) is 27.7 Å². The molecule has 0 aliphatic carbocycles. The summed E-state index contributed by atoms with van der Waals surface area (Å²) in [6.45, 7) is 2.15. The summed E-state index contributed by atoms with van der Waals surface area (Å²) in [7, 11) is 0. The standard InChI is InChI=1S/C24H20ClNO5S/c1-13(27)21-4-5-22(32-21)15-8-16-9-17(31-24(16)18(25)10-15)11-26-23(28)7-14-2-3-19-20(6-14)30-12-29-19/h2-6,8,10,17H,7,9,11-12H2,1H3,(H,26,28)/t17-/m1/s1. The van der Waals surface area contributed by atoms with Crippen LogP contribution in [0.4, 0.5) is 0 Å². The lowest BCUT2D eigenvalue weighted by Gasteiger charge is -2.12. The Bertz CT molecular complexity index is 1220. The number of rotatable bonds is 6. The van der Waals surface area contributed by atoms with Crippen molar-refractivity contribution < 1.29 is 23.8 Å². The molecule has 8 heteroatoms. The molecular weight excluding hydrogens is 450 g/mol. The van der Waals surface area contributed by atoms with Gasteiger partial charge in [-0.05, 0) is 54.4 Å². The highest BCUT2D eigenvalue weighted by Crippen LogP contribution is 2.41. The van der Waals surface area contributed by atoms with Crippen LogP contribution < -0.4 is 19.5 Å². The van der Waals surface area contributed by atoms with Gasteiger partial charge < -0.3 is 19.5 Å². The largest absolute Gasteiger partial charge is 0.486 e. The molecule has 6 nitrogen and oxygen atoms in total. The molecule has 2 aromatic carbocycles. The number of Topliss-reactive ketones (excluding diaryl/α,β-unsaturated/α-hetero) is 1. The molecule has 0 radical (unpaired) electrons. The molecule has 5 rings (SSSR count). The van der Waals surface area contributed by atoms with Gasteiger partial charge in [-0.1, -0.05) is 17.7 Å². The summed E-state index contributed by atoms with van der Waals surface area (Å²) in [5.41, 5.74) is 2.82. The summed E-state index contributed by atoms with van der Waals surface area (Å²) in [4.78, 5) is 25.7. The van der Waals surface area contributed by atoms with E-state index in [1.165, 1.54) is 11.3 Å². The summed E-state index contributed by atoms with van der Waals surface area (Å²) >= 11 is 7.93. The van der Waals surface area contributed by atoms with E-state index in [4.69, 9.17) is 25.8 Å². The molecule has 164 valence electrons. The third-order valence-electron chi connectivity index (χ3n) is 5.42. The number of hydrogen-bond donors (Lipinski definition) is 1. The highest BCUT2D eigenvalue weighted by atomic mass is 35.5. The second-order valence-electron chi connectivity index (χ2n) is 7.78. The van der Waals surface area contributed by atoms with Crippen molar-refractivity contribution in [2.75, 3.05) is 13.3 Å². The normalized spacial score (nSPS) is 15.9. The van der Waals surface area contributed by atoms with Crippen molar-refractivity contribution in [2.24, 2.45) is 0 Å². The van der Waals surface area contributed by atoms with Crippen molar-refractivity contribution in [3.05, 3.63) is 63.5 Å². The van der Waals surface area contributed by atoms with Gasteiger partial charge in [0, 0.05) is 16.9 Å². The molecule has 1 N–H and O–H groups in total. The highest BCUT2D eigenvalue weighted by molar-refractivity contribution is 7.17. The van der Waals surface area contributed by atoms with Crippen LogP contribution in [0.15, 0.2) is 42.5 Å². The molecule has 2 aliphatic heterocycles. The number of fused-ring (bicyclic) bond motifs is 2. The van der Waals surface area contributed by atoms with Crippen LogP contribution in [0.25, 0.3) is 10.4 Å². The van der Waals surface area contributed by atoms with Gasteiger partial charge >= 0.3 is 0 Å². The van der Waals surface area contributed by atoms with Gasteiger partial charge in [0.05, 0.1) is 22.9 Å². The number of thiophene rings is 1. The van der Waals surface area contributed by atoms with E-state index < -0.39 is 0 Å². The zero-order valence-electron chi connectivity index (χ0n) is 17.3. The first kappa shape index (κ1) is 20.8. The van der Waals surface area contributed by atoms with E-state index in [-0.39, 0.29) is 31.0 Å². The van der Waals surface area contributed by atoms with Gasteiger partial charge in [-0.25, -0.2) is 0 Å². The predicted molar refractivity (Wildman–Crippen MR) is 122 cm³/mol. The summed E-state index contributed by atoms with van der Waals surface area (Å²) in [5, 5.41) is 3.47. The average Bonchev–Trinajstić information content (AvgIpc) is 3.50. The average molecular weight is 470 g/mol. The minimum absolute atomic E-state index is 0.0494. The zero-order valence-corrected chi connectivity index (χ0v) is 18.8. The number of hydrogen-bond acceptors (Lipinski definition) is 6. The molecule has 0 fully saturated rings. The molecule has 1 amide bonds. The first-order valence-corrected chi connectivity index (χ1v) is 11.4. The third-order valence-corrected chi connectivity index (χ3v) is 6.93. The monoisotopic (exact) mass is 469 g/mol. The SMILES string of the molecule is CC(=O)c1ccc(-c2cc(Cl)c3c(c2)C[C@H](CNC(=O)Cc2ccc4c(c2)OCO4)O3)s1. The fourth-order valence-corrected chi connectivity index (χ4v) is 5.02. The summed E-state index contributed by atoms with van der Waals surface area (Å²) in [5.74, 6) is 1.98. The predicted octanol–water partition coefficient (Wildman–Crippen LogP) is 4.66. The van der Waals surface area contributed by atoms with Crippen LogP contribution in [0.2, 0.25) is 5.02 Å². The number of carbonyl (C=O) groups excluding carboxylic acids is 2. The Morgan fingerprint density at radius 3 is 2.78 bits per heavy atom. The van der Waals surface area contributed by atoms with Crippen LogP contribution >= 0.6 is 22.9 Å². The minimum Gasteiger partial charge on any atom is -0.486 e.